The summed E-state index contributed by atoms with van der Waals surface area (Å²) in [6.45, 7) is 0. The summed E-state index contributed by atoms with van der Waals surface area (Å²) in [5.74, 6) is 0. The molecular weight excluding hydrogens is 242 g/mol. The van der Waals surface area contributed by atoms with Gasteiger partial charge in [-0.25, -0.2) is 13.4 Å². The molecule has 0 unspecified atom stereocenters. The number of halogens is 1. The Kier molecular flexibility index (Phi) is 2.25. The first kappa shape index (κ1) is 9.89. The molecule has 74 valence electrons. The molecule has 6 heteroatoms. The standard InChI is InChI=1S/C8H6ClNO2S2/c1-14(11,12)5-2-3-7-6(4-5)10-8(9)13-7/h2-4H,1H3. The lowest BCUT2D eigenvalue weighted by molar-refractivity contribution is 0.602. The highest BCUT2D eigenvalue weighted by Gasteiger charge is 2.09. The second-order valence-electron chi connectivity index (χ2n) is 2.87. The lowest BCUT2D eigenvalue weighted by Crippen LogP contribution is -1.95. The number of aromatic nitrogens is 1. The summed E-state index contributed by atoms with van der Waals surface area (Å²) < 4.78 is 23.8. The Morgan fingerprint density at radius 1 is 1.43 bits per heavy atom. The SMILES string of the molecule is CS(=O)(=O)c1ccc2sc(Cl)nc2c1. The van der Waals surface area contributed by atoms with Gasteiger partial charge in [0.05, 0.1) is 15.1 Å². The van der Waals surface area contributed by atoms with E-state index in [1.807, 2.05) is 0 Å². The normalized spacial score (nSPS) is 12.1. The summed E-state index contributed by atoms with van der Waals surface area (Å²) in [4.78, 5) is 4.28. The predicted octanol–water partition coefficient (Wildman–Crippen LogP) is 2.35. The van der Waals surface area contributed by atoms with Crippen LogP contribution in [0, 0.1) is 0 Å². The van der Waals surface area contributed by atoms with E-state index >= 15 is 0 Å². The Balaban J connectivity index is 2.74. The van der Waals surface area contributed by atoms with Crippen molar-refractivity contribution < 1.29 is 8.42 Å². The number of hydrogen-bond donors (Lipinski definition) is 0. The van der Waals surface area contributed by atoms with Crippen LogP contribution in [0.25, 0.3) is 10.2 Å². The van der Waals surface area contributed by atoms with Crippen molar-refractivity contribution in [3.8, 4) is 0 Å². The molecule has 0 saturated heterocycles. The monoisotopic (exact) mass is 247 g/mol. The molecule has 0 aliphatic rings. The molecule has 0 saturated carbocycles. The van der Waals surface area contributed by atoms with Crippen molar-refractivity contribution in [1.82, 2.24) is 4.98 Å². The first-order valence-electron chi connectivity index (χ1n) is 3.73. The van der Waals surface area contributed by atoms with Crippen LogP contribution in [-0.2, 0) is 9.84 Å². The third-order valence-corrected chi connectivity index (χ3v) is 4.01. The van der Waals surface area contributed by atoms with Crippen LogP contribution in [0.2, 0.25) is 4.47 Å². The lowest BCUT2D eigenvalue weighted by Gasteiger charge is -1.96. The van der Waals surface area contributed by atoms with Gasteiger partial charge < -0.3 is 0 Å². The summed E-state index contributed by atoms with van der Waals surface area (Å²) in [5, 5.41) is 0. The summed E-state index contributed by atoms with van der Waals surface area (Å²) in [6, 6.07) is 4.81. The number of hydrogen-bond acceptors (Lipinski definition) is 4. The van der Waals surface area contributed by atoms with Crippen molar-refractivity contribution in [2.45, 2.75) is 4.90 Å². The molecule has 0 atom stereocenters. The van der Waals surface area contributed by atoms with Crippen molar-refractivity contribution in [1.29, 1.82) is 0 Å². The van der Waals surface area contributed by atoms with Crippen LogP contribution in [0.3, 0.4) is 0 Å². The average molecular weight is 248 g/mol. The Morgan fingerprint density at radius 3 is 2.79 bits per heavy atom. The Hall–Kier alpha value is -0.650. The fourth-order valence-electron chi connectivity index (χ4n) is 1.11. The van der Waals surface area contributed by atoms with E-state index in [-0.39, 0.29) is 4.90 Å². The number of rotatable bonds is 1. The number of nitrogens with zero attached hydrogens (tertiary/aromatic N) is 1. The maximum absolute atomic E-state index is 11.2. The molecule has 0 amide bonds. The molecule has 0 N–H and O–H groups in total. The largest absolute Gasteiger partial charge is 0.225 e. The zero-order valence-corrected chi connectivity index (χ0v) is 9.58. The van der Waals surface area contributed by atoms with Crippen LogP contribution in [0.1, 0.15) is 0 Å². The van der Waals surface area contributed by atoms with Crippen molar-refractivity contribution in [3.05, 3.63) is 22.7 Å². The molecular formula is C8H6ClNO2S2. The number of benzene rings is 1. The van der Waals surface area contributed by atoms with Crippen LogP contribution in [-0.4, -0.2) is 19.7 Å². The second-order valence-corrected chi connectivity index (χ2v) is 6.50. The number of fused-ring (bicyclic) bond motifs is 1. The topological polar surface area (TPSA) is 47.0 Å². The van der Waals surface area contributed by atoms with Gasteiger partial charge in [-0.05, 0) is 18.2 Å². The van der Waals surface area contributed by atoms with Gasteiger partial charge in [0.2, 0.25) is 0 Å². The van der Waals surface area contributed by atoms with Crippen LogP contribution in [0.15, 0.2) is 23.1 Å². The van der Waals surface area contributed by atoms with Gasteiger partial charge >= 0.3 is 0 Å². The van der Waals surface area contributed by atoms with E-state index in [0.29, 0.717) is 9.98 Å². The van der Waals surface area contributed by atoms with E-state index in [1.165, 1.54) is 23.7 Å². The molecule has 1 aromatic heterocycles. The van der Waals surface area contributed by atoms with Gasteiger partial charge in [0.15, 0.2) is 14.3 Å². The first-order chi connectivity index (χ1) is 6.47. The predicted molar refractivity (Wildman–Crippen MR) is 57.7 cm³/mol. The van der Waals surface area contributed by atoms with Gasteiger partial charge in [-0.15, -0.1) is 11.3 Å². The minimum atomic E-state index is -3.16. The maximum Gasteiger partial charge on any atom is 0.184 e. The van der Waals surface area contributed by atoms with Crippen LogP contribution in [0.4, 0.5) is 0 Å². The molecule has 2 aromatic rings. The maximum atomic E-state index is 11.2. The van der Waals surface area contributed by atoms with E-state index in [2.05, 4.69) is 4.98 Å². The van der Waals surface area contributed by atoms with Gasteiger partial charge in [0, 0.05) is 6.26 Å². The zero-order valence-electron chi connectivity index (χ0n) is 7.19. The van der Waals surface area contributed by atoms with E-state index in [0.717, 1.165) is 4.70 Å². The molecule has 1 aromatic carbocycles. The molecule has 0 radical (unpaired) electrons. The van der Waals surface area contributed by atoms with Crippen LogP contribution < -0.4 is 0 Å². The molecule has 1 heterocycles. The van der Waals surface area contributed by atoms with E-state index < -0.39 is 9.84 Å². The number of thiazole rings is 1. The van der Waals surface area contributed by atoms with Crippen LogP contribution in [0.5, 0.6) is 0 Å². The average Bonchev–Trinajstić information content (AvgIpc) is 2.41. The minimum Gasteiger partial charge on any atom is -0.225 e. The Morgan fingerprint density at radius 2 is 2.14 bits per heavy atom. The highest BCUT2D eigenvalue weighted by atomic mass is 35.5. The highest BCUT2D eigenvalue weighted by Crippen LogP contribution is 2.27. The quantitative estimate of drug-likeness (QED) is 0.777. The van der Waals surface area contributed by atoms with Crippen LogP contribution >= 0.6 is 22.9 Å². The second kappa shape index (κ2) is 3.18. The van der Waals surface area contributed by atoms with E-state index in [1.54, 1.807) is 12.1 Å². The van der Waals surface area contributed by atoms with E-state index in [4.69, 9.17) is 11.6 Å². The van der Waals surface area contributed by atoms with Crippen molar-refractivity contribution >= 4 is 43.0 Å². The van der Waals surface area contributed by atoms with Gasteiger partial charge in [-0.3, -0.25) is 0 Å². The molecule has 14 heavy (non-hydrogen) atoms. The van der Waals surface area contributed by atoms with Crippen molar-refractivity contribution in [2.75, 3.05) is 6.26 Å². The van der Waals surface area contributed by atoms with Crippen molar-refractivity contribution in [2.24, 2.45) is 0 Å². The third kappa shape index (κ3) is 1.75. The fourth-order valence-corrected chi connectivity index (χ4v) is 2.76. The summed E-state index contributed by atoms with van der Waals surface area (Å²) in [5.41, 5.74) is 0.628. The number of sulfone groups is 1. The van der Waals surface area contributed by atoms with Gasteiger partial charge in [0.1, 0.15) is 0 Å². The molecule has 0 aliphatic carbocycles. The van der Waals surface area contributed by atoms with Gasteiger partial charge in [-0.2, -0.15) is 0 Å². The molecule has 2 rings (SSSR count). The molecule has 0 bridgehead atoms. The molecule has 0 aliphatic heterocycles. The fraction of sp³-hybridized carbons (Fsp3) is 0.125. The Bertz CT molecular complexity index is 588. The third-order valence-electron chi connectivity index (χ3n) is 1.76. The summed E-state index contributed by atoms with van der Waals surface area (Å²) in [7, 11) is -3.16. The van der Waals surface area contributed by atoms with E-state index in [9.17, 15) is 8.42 Å². The zero-order chi connectivity index (χ0) is 10.3. The van der Waals surface area contributed by atoms with Gasteiger partial charge in [-0.1, -0.05) is 11.6 Å². The molecule has 3 nitrogen and oxygen atoms in total. The minimum absolute atomic E-state index is 0.270. The Labute approximate surface area is 90.3 Å². The molecule has 0 fully saturated rings. The highest BCUT2D eigenvalue weighted by molar-refractivity contribution is 7.90. The first-order valence-corrected chi connectivity index (χ1v) is 6.81. The summed E-state index contributed by atoms with van der Waals surface area (Å²) >= 11 is 7.04. The molecule has 0 spiro atoms. The van der Waals surface area contributed by atoms with Crippen molar-refractivity contribution in [3.63, 3.8) is 0 Å². The lowest BCUT2D eigenvalue weighted by atomic mass is 10.3. The van der Waals surface area contributed by atoms with Gasteiger partial charge in [0.25, 0.3) is 0 Å². The summed E-state index contributed by atoms with van der Waals surface area (Å²) in [6.07, 6.45) is 1.17. The smallest absolute Gasteiger partial charge is 0.184 e.